The number of ether oxygens (including phenoxy) is 1. The first-order valence-corrected chi connectivity index (χ1v) is 11.8. The monoisotopic (exact) mass is 531 g/mol. The number of carbonyl (C=O) groups excluding carboxylic acids is 1. The van der Waals surface area contributed by atoms with Crippen molar-refractivity contribution in [2.75, 3.05) is 6.61 Å². The second-order valence-electron chi connectivity index (χ2n) is 10.1. The summed E-state index contributed by atoms with van der Waals surface area (Å²) in [5.41, 5.74) is 1.32. The van der Waals surface area contributed by atoms with Gasteiger partial charge >= 0.3 is 6.18 Å². The average Bonchev–Trinajstić information content (AvgIpc) is 3.29. The van der Waals surface area contributed by atoms with E-state index >= 15 is 0 Å². The molecule has 0 amide bonds. The number of hydrogen-bond acceptors (Lipinski definition) is 4. The number of aliphatic hydroxyl groups is 1. The Labute approximate surface area is 216 Å². The topological polar surface area (TPSA) is 64.4 Å². The SMILES string of the molecule is CC(=O)Cn1nc(C2CC2)cc1C(F)(F)F.Cc1[c-]c([C@H]2CCC[C@H]2OCC(C)(C)O)ccc1.[Cr]. The molecule has 0 aliphatic heterocycles. The first-order chi connectivity index (χ1) is 15.8. The minimum atomic E-state index is -4.45. The summed E-state index contributed by atoms with van der Waals surface area (Å²) in [6, 6.07) is 10.8. The van der Waals surface area contributed by atoms with E-state index in [-0.39, 0.29) is 41.7 Å². The third kappa shape index (κ3) is 9.06. The fraction of sp³-hybridized carbons (Fsp3) is 0.615. The van der Waals surface area contributed by atoms with Crippen molar-refractivity contribution in [2.45, 2.75) is 96.1 Å². The normalized spacial score (nSPS) is 20.1. The smallest absolute Gasteiger partial charge is 0.388 e. The van der Waals surface area contributed by atoms with E-state index in [0.29, 0.717) is 18.2 Å². The quantitative estimate of drug-likeness (QED) is 0.474. The minimum Gasteiger partial charge on any atom is -0.388 e. The van der Waals surface area contributed by atoms with Crippen LogP contribution in [0.1, 0.15) is 87.2 Å². The van der Waals surface area contributed by atoms with Crippen molar-refractivity contribution in [2.24, 2.45) is 0 Å². The Morgan fingerprint density at radius 2 is 1.91 bits per heavy atom. The van der Waals surface area contributed by atoms with Gasteiger partial charge in [0.25, 0.3) is 0 Å². The molecule has 5 nitrogen and oxygen atoms in total. The number of carbonyl (C=O) groups is 1. The second-order valence-corrected chi connectivity index (χ2v) is 10.1. The van der Waals surface area contributed by atoms with Crippen LogP contribution in [-0.4, -0.2) is 39.0 Å². The van der Waals surface area contributed by atoms with Gasteiger partial charge in [-0.25, -0.2) is 0 Å². The zero-order valence-corrected chi connectivity index (χ0v) is 22.0. The Morgan fingerprint density at radius 3 is 2.46 bits per heavy atom. The molecule has 2 aliphatic carbocycles. The first-order valence-electron chi connectivity index (χ1n) is 11.8. The molecule has 194 valence electrons. The van der Waals surface area contributed by atoms with Crippen LogP contribution in [0, 0.1) is 13.0 Å². The molecule has 0 radical (unpaired) electrons. The maximum Gasteiger partial charge on any atom is 0.433 e. The molecular formula is C26H34CrF3N2O3-. The molecule has 2 fully saturated rings. The minimum absolute atomic E-state index is 0. The molecule has 2 saturated carbocycles. The van der Waals surface area contributed by atoms with Crippen LogP contribution < -0.4 is 0 Å². The zero-order chi connectivity index (χ0) is 25.1. The van der Waals surface area contributed by atoms with Crippen molar-refractivity contribution in [3.8, 4) is 0 Å². The van der Waals surface area contributed by atoms with E-state index in [9.17, 15) is 23.1 Å². The summed E-state index contributed by atoms with van der Waals surface area (Å²) in [7, 11) is 0. The molecule has 1 aromatic heterocycles. The van der Waals surface area contributed by atoms with Gasteiger partial charge in [0.15, 0.2) is 5.78 Å². The van der Waals surface area contributed by atoms with Crippen molar-refractivity contribution in [1.29, 1.82) is 0 Å². The largest absolute Gasteiger partial charge is 0.433 e. The number of Topliss-reactive ketones (excluding diaryl/α,β-unsaturated/α-hetero) is 1. The third-order valence-electron chi connectivity index (χ3n) is 5.92. The Morgan fingerprint density at radius 1 is 1.23 bits per heavy atom. The third-order valence-corrected chi connectivity index (χ3v) is 5.92. The molecule has 1 heterocycles. The molecule has 0 spiro atoms. The number of aryl methyl sites for hydroxylation is 1. The molecule has 0 saturated heterocycles. The van der Waals surface area contributed by atoms with Gasteiger partial charge in [0.05, 0.1) is 30.6 Å². The van der Waals surface area contributed by atoms with Crippen LogP contribution in [0.2, 0.25) is 0 Å². The van der Waals surface area contributed by atoms with Crippen LogP contribution >= 0.6 is 0 Å². The maximum atomic E-state index is 12.6. The van der Waals surface area contributed by atoms with Crippen molar-refractivity contribution < 1.29 is 45.2 Å². The molecule has 35 heavy (non-hydrogen) atoms. The van der Waals surface area contributed by atoms with Crippen LogP contribution in [0.15, 0.2) is 24.3 Å². The van der Waals surface area contributed by atoms with Crippen LogP contribution in [0.3, 0.4) is 0 Å². The van der Waals surface area contributed by atoms with E-state index in [2.05, 4.69) is 36.3 Å². The van der Waals surface area contributed by atoms with Gasteiger partial charge in [-0.3, -0.25) is 9.48 Å². The average molecular weight is 532 g/mol. The fourth-order valence-corrected chi connectivity index (χ4v) is 4.19. The summed E-state index contributed by atoms with van der Waals surface area (Å²) < 4.78 is 44.5. The number of halogens is 3. The Balaban J connectivity index is 0.000000241. The Kier molecular flexibility index (Phi) is 10.2. The number of benzene rings is 1. The molecule has 2 aliphatic rings. The number of rotatable bonds is 7. The van der Waals surface area contributed by atoms with Gasteiger partial charge in [-0.05, 0) is 58.4 Å². The number of alkyl halides is 3. The molecule has 2 aromatic rings. The molecule has 1 N–H and O–H groups in total. The summed E-state index contributed by atoms with van der Waals surface area (Å²) in [5, 5.41) is 13.6. The second kappa shape index (κ2) is 12.1. The predicted octanol–water partition coefficient (Wildman–Crippen LogP) is 5.58. The van der Waals surface area contributed by atoms with E-state index in [4.69, 9.17) is 4.74 Å². The van der Waals surface area contributed by atoms with E-state index in [0.717, 1.165) is 36.4 Å². The molecule has 0 bridgehead atoms. The van der Waals surface area contributed by atoms with Crippen LogP contribution in [0.25, 0.3) is 0 Å². The number of hydrogen-bond donors (Lipinski definition) is 1. The molecule has 0 unspecified atom stereocenters. The van der Waals surface area contributed by atoms with Crippen molar-refractivity contribution in [3.63, 3.8) is 0 Å². The van der Waals surface area contributed by atoms with E-state index in [1.54, 1.807) is 13.8 Å². The zero-order valence-electron chi connectivity index (χ0n) is 20.7. The molecule has 9 heteroatoms. The molecule has 2 atom stereocenters. The van der Waals surface area contributed by atoms with Crippen molar-refractivity contribution in [1.82, 2.24) is 9.78 Å². The van der Waals surface area contributed by atoms with Crippen molar-refractivity contribution in [3.05, 3.63) is 52.8 Å². The number of ketones is 1. The Bertz CT molecular complexity index is 981. The number of nitrogens with zero attached hydrogens (tertiary/aromatic N) is 2. The Hall–Kier alpha value is -1.66. The molecule has 1 aromatic carbocycles. The van der Waals surface area contributed by atoms with Gasteiger partial charge in [0, 0.05) is 23.3 Å². The van der Waals surface area contributed by atoms with Gasteiger partial charge in [-0.15, -0.1) is 0 Å². The summed E-state index contributed by atoms with van der Waals surface area (Å²) in [6.07, 6.45) is 0.995. The van der Waals surface area contributed by atoms with E-state index < -0.39 is 17.5 Å². The van der Waals surface area contributed by atoms with Crippen LogP contribution in [0.4, 0.5) is 13.2 Å². The van der Waals surface area contributed by atoms with E-state index in [1.165, 1.54) is 24.5 Å². The van der Waals surface area contributed by atoms with Crippen molar-refractivity contribution >= 4 is 5.78 Å². The number of aromatic nitrogens is 2. The summed E-state index contributed by atoms with van der Waals surface area (Å²) in [5.74, 6) is 0.248. The summed E-state index contributed by atoms with van der Waals surface area (Å²) in [4.78, 5) is 10.9. The maximum absolute atomic E-state index is 12.6. The van der Waals surface area contributed by atoms with Crippen LogP contribution in [-0.2, 0) is 39.6 Å². The standard InChI is InChI=1S/C16H23O2.C10H11F3N2O.Cr/c1-12-6-4-7-13(10-12)14-8-5-9-15(14)18-11-16(2,3)17;1-6(16)5-15-9(10(11,12)13)4-8(14-15)7-2-3-7;/h4,6-7,14-15,17H,5,8-9,11H2,1-3H3;4,7H,2-3,5H2,1H3;/q-1;;/t14-,15-;;/m1../s1. The van der Waals surface area contributed by atoms with Gasteiger partial charge in [-0.1, -0.05) is 13.3 Å². The van der Waals surface area contributed by atoms with Crippen LogP contribution in [0.5, 0.6) is 0 Å². The molecular weight excluding hydrogens is 497 g/mol. The first kappa shape index (κ1) is 29.6. The summed E-state index contributed by atoms with van der Waals surface area (Å²) in [6.45, 7) is 6.98. The summed E-state index contributed by atoms with van der Waals surface area (Å²) >= 11 is 0. The predicted molar refractivity (Wildman–Crippen MR) is 123 cm³/mol. The molecule has 4 rings (SSSR count). The van der Waals surface area contributed by atoms with Gasteiger partial charge in [0.2, 0.25) is 0 Å². The van der Waals surface area contributed by atoms with Gasteiger partial charge in [-0.2, -0.15) is 53.7 Å². The fourth-order valence-electron chi connectivity index (χ4n) is 4.19. The van der Waals surface area contributed by atoms with Gasteiger partial charge < -0.3 is 9.84 Å². The van der Waals surface area contributed by atoms with E-state index in [1.807, 2.05) is 0 Å². The van der Waals surface area contributed by atoms with Gasteiger partial charge in [0.1, 0.15) is 5.69 Å².